The lowest BCUT2D eigenvalue weighted by atomic mass is 10.1. The summed E-state index contributed by atoms with van der Waals surface area (Å²) in [5.41, 5.74) is 4.99. The third-order valence-corrected chi connectivity index (χ3v) is 6.20. The van der Waals surface area contributed by atoms with Crippen LogP contribution in [-0.2, 0) is 19.6 Å². The van der Waals surface area contributed by atoms with E-state index in [2.05, 4.69) is 45.4 Å². The number of amides is 1. The van der Waals surface area contributed by atoms with Crippen molar-refractivity contribution in [3.05, 3.63) is 81.1 Å². The summed E-state index contributed by atoms with van der Waals surface area (Å²) in [7, 11) is 0. The summed E-state index contributed by atoms with van der Waals surface area (Å²) in [4.78, 5) is 12.5. The maximum absolute atomic E-state index is 12.5. The molecule has 0 atom stereocenters. The molecule has 0 unspecified atom stereocenters. The molecule has 0 saturated heterocycles. The van der Waals surface area contributed by atoms with Crippen LogP contribution in [0.5, 0.6) is 5.75 Å². The molecular formula is C24H28BrN3O2. The fourth-order valence-corrected chi connectivity index (χ4v) is 3.50. The van der Waals surface area contributed by atoms with Gasteiger partial charge in [0.05, 0.1) is 10.2 Å². The molecule has 1 N–H and O–H groups in total. The molecule has 30 heavy (non-hydrogen) atoms. The summed E-state index contributed by atoms with van der Waals surface area (Å²) in [5, 5.41) is 7.49. The number of halogens is 1. The number of nitrogens with one attached hydrogen (secondary N) is 1. The number of aryl methyl sites for hydroxylation is 3. The van der Waals surface area contributed by atoms with Crippen molar-refractivity contribution >= 4 is 21.8 Å². The lowest BCUT2D eigenvalue weighted by Gasteiger charge is -2.10. The number of aromatic nitrogens is 2. The highest BCUT2D eigenvalue weighted by Gasteiger charge is 2.09. The van der Waals surface area contributed by atoms with Gasteiger partial charge in [-0.05, 0) is 78.0 Å². The number of hydrogen-bond acceptors (Lipinski definition) is 3. The van der Waals surface area contributed by atoms with Crippen molar-refractivity contribution in [1.82, 2.24) is 15.1 Å². The summed E-state index contributed by atoms with van der Waals surface area (Å²) in [6.07, 6.45) is 1.83. The Kier molecular flexibility index (Phi) is 7.69. The minimum absolute atomic E-state index is 0.0707. The van der Waals surface area contributed by atoms with E-state index in [0.717, 1.165) is 46.6 Å². The standard InChI is InChI=1S/C24H28BrN3O2/c1-4-19-9-11-22(12-10-19)30-16-20-7-5-8-21(15-20)24(29)26-13-6-14-28-18(3)23(25)17(2)27-28/h5,7-12,15H,4,6,13-14,16H2,1-3H3,(H,26,29). The average molecular weight is 470 g/mol. The Morgan fingerprint density at radius 3 is 2.57 bits per heavy atom. The van der Waals surface area contributed by atoms with Gasteiger partial charge in [0.2, 0.25) is 0 Å². The second-order valence-electron chi connectivity index (χ2n) is 7.30. The smallest absolute Gasteiger partial charge is 0.251 e. The molecule has 158 valence electrons. The first-order valence-corrected chi connectivity index (χ1v) is 11.1. The summed E-state index contributed by atoms with van der Waals surface area (Å²) in [5.74, 6) is 0.761. The molecule has 0 saturated carbocycles. The van der Waals surface area contributed by atoms with E-state index in [9.17, 15) is 4.79 Å². The zero-order valence-electron chi connectivity index (χ0n) is 17.7. The highest BCUT2D eigenvalue weighted by molar-refractivity contribution is 9.10. The first kappa shape index (κ1) is 22.1. The lowest BCUT2D eigenvalue weighted by Crippen LogP contribution is -2.25. The van der Waals surface area contributed by atoms with Gasteiger partial charge in [-0.3, -0.25) is 9.48 Å². The Bertz CT molecular complexity index is 996. The largest absolute Gasteiger partial charge is 0.489 e. The Morgan fingerprint density at radius 1 is 1.13 bits per heavy atom. The SMILES string of the molecule is CCc1ccc(OCc2cccc(C(=O)NCCCn3nc(C)c(Br)c3C)c2)cc1. The number of rotatable bonds is 9. The number of ether oxygens (including phenoxy) is 1. The summed E-state index contributed by atoms with van der Waals surface area (Å²) in [6.45, 7) is 7.94. The Hall–Kier alpha value is -2.60. The van der Waals surface area contributed by atoms with E-state index in [1.807, 2.05) is 54.9 Å². The van der Waals surface area contributed by atoms with Crippen LogP contribution in [0.25, 0.3) is 0 Å². The maximum atomic E-state index is 12.5. The molecule has 1 aromatic heterocycles. The third-order valence-electron chi connectivity index (χ3n) is 5.05. The van der Waals surface area contributed by atoms with Gasteiger partial charge in [-0.1, -0.05) is 31.2 Å². The van der Waals surface area contributed by atoms with Crippen LogP contribution in [0.2, 0.25) is 0 Å². The van der Waals surface area contributed by atoms with Crippen LogP contribution in [0.3, 0.4) is 0 Å². The molecule has 3 rings (SSSR count). The van der Waals surface area contributed by atoms with Gasteiger partial charge >= 0.3 is 0 Å². The van der Waals surface area contributed by atoms with Gasteiger partial charge in [0.25, 0.3) is 5.91 Å². The highest BCUT2D eigenvalue weighted by atomic mass is 79.9. The molecule has 2 aromatic carbocycles. The number of benzene rings is 2. The first-order valence-electron chi connectivity index (χ1n) is 10.3. The van der Waals surface area contributed by atoms with E-state index >= 15 is 0 Å². The summed E-state index contributed by atoms with van der Waals surface area (Å²) >= 11 is 3.54. The van der Waals surface area contributed by atoms with Crippen LogP contribution in [0.15, 0.2) is 53.0 Å². The molecule has 0 radical (unpaired) electrons. The summed E-state index contributed by atoms with van der Waals surface area (Å²) < 4.78 is 8.87. The van der Waals surface area contributed by atoms with E-state index in [4.69, 9.17) is 4.74 Å². The molecule has 0 bridgehead atoms. The molecule has 1 heterocycles. The molecule has 0 aliphatic heterocycles. The van der Waals surface area contributed by atoms with Gasteiger partial charge in [-0.15, -0.1) is 0 Å². The number of carbonyl (C=O) groups excluding carboxylic acids is 1. The molecule has 0 fully saturated rings. The van der Waals surface area contributed by atoms with Crippen molar-refractivity contribution in [3.8, 4) is 5.75 Å². The van der Waals surface area contributed by atoms with E-state index in [0.29, 0.717) is 18.7 Å². The van der Waals surface area contributed by atoms with Gasteiger partial charge in [-0.25, -0.2) is 0 Å². The van der Waals surface area contributed by atoms with Crippen molar-refractivity contribution in [2.24, 2.45) is 0 Å². The fourth-order valence-electron chi connectivity index (χ4n) is 3.22. The molecule has 0 spiro atoms. The third kappa shape index (κ3) is 5.72. The predicted octanol–water partition coefficient (Wildman–Crippen LogP) is 5.22. The lowest BCUT2D eigenvalue weighted by molar-refractivity contribution is 0.0952. The van der Waals surface area contributed by atoms with Gasteiger partial charge in [-0.2, -0.15) is 5.10 Å². The van der Waals surface area contributed by atoms with Crippen LogP contribution >= 0.6 is 15.9 Å². The maximum Gasteiger partial charge on any atom is 0.251 e. The van der Waals surface area contributed by atoms with Crippen LogP contribution < -0.4 is 10.1 Å². The monoisotopic (exact) mass is 469 g/mol. The molecule has 0 aliphatic rings. The van der Waals surface area contributed by atoms with Gasteiger partial charge in [0.1, 0.15) is 12.4 Å². The highest BCUT2D eigenvalue weighted by Crippen LogP contribution is 2.20. The van der Waals surface area contributed by atoms with Gasteiger partial charge in [0, 0.05) is 24.3 Å². The Labute approximate surface area is 186 Å². The van der Waals surface area contributed by atoms with E-state index in [1.54, 1.807) is 0 Å². The van der Waals surface area contributed by atoms with Crippen molar-refractivity contribution in [1.29, 1.82) is 0 Å². The van der Waals surface area contributed by atoms with Crippen LogP contribution in [0, 0.1) is 13.8 Å². The summed E-state index contributed by atoms with van der Waals surface area (Å²) in [6, 6.07) is 15.7. The minimum Gasteiger partial charge on any atom is -0.489 e. The minimum atomic E-state index is -0.0707. The van der Waals surface area contributed by atoms with Crippen molar-refractivity contribution < 1.29 is 9.53 Å². The average Bonchev–Trinajstić information content (AvgIpc) is 3.02. The van der Waals surface area contributed by atoms with Crippen LogP contribution in [0.1, 0.15) is 46.2 Å². The molecule has 3 aromatic rings. The van der Waals surface area contributed by atoms with Crippen molar-refractivity contribution in [3.63, 3.8) is 0 Å². The van der Waals surface area contributed by atoms with Gasteiger partial charge < -0.3 is 10.1 Å². The molecule has 5 nitrogen and oxygen atoms in total. The van der Waals surface area contributed by atoms with Gasteiger partial charge in [0.15, 0.2) is 0 Å². The van der Waals surface area contributed by atoms with Crippen molar-refractivity contribution in [2.45, 2.75) is 46.8 Å². The van der Waals surface area contributed by atoms with E-state index < -0.39 is 0 Å². The molecular weight excluding hydrogens is 442 g/mol. The normalized spacial score (nSPS) is 10.8. The zero-order chi connectivity index (χ0) is 21.5. The second-order valence-corrected chi connectivity index (χ2v) is 8.10. The van der Waals surface area contributed by atoms with E-state index in [-0.39, 0.29) is 5.91 Å². The predicted molar refractivity (Wildman–Crippen MR) is 123 cm³/mol. The Morgan fingerprint density at radius 2 is 1.90 bits per heavy atom. The fraction of sp³-hybridized carbons (Fsp3) is 0.333. The van der Waals surface area contributed by atoms with Crippen LogP contribution in [-0.4, -0.2) is 22.2 Å². The number of carbonyl (C=O) groups is 1. The number of nitrogens with zero attached hydrogens (tertiary/aromatic N) is 2. The molecule has 0 aliphatic carbocycles. The van der Waals surface area contributed by atoms with E-state index in [1.165, 1.54) is 5.56 Å². The van der Waals surface area contributed by atoms with Crippen LogP contribution in [0.4, 0.5) is 0 Å². The van der Waals surface area contributed by atoms with Crippen molar-refractivity contribution in [2.75, 3.05) is 6.54 Å². The molecule has 1 amide bonds. The Balaban J connectivity index is 1.48. The quantitative estimate of drug-likeness (QED) is 0.436. The zero-order valence-corrected chi connectivity index (χ0v) is 19.3. The topological polar surface area (TPSA) is 56.1 Å². The second kappa shape index (κ2) is 10.4. The number of hydrogen-bond donors (Lipinski definition) is 1. The first-order chi connectivity index (χ1) is 14.5. The molecule has 6 heteroatoms.